The maximum atomic E-state index is 10.5. The van der Waals surface area contributed by atoms with Gasteiger partial charge in [0.25, 0.3) is 0 Å². The summed E-state index contributed by atoms with van der Waals surface area (Å²) in [6.07, 6.45) is 5.32. The number of methoxy groups -OCH3 is 1. The summed E-state index contributed by atoms with van der Waals surface area (Å²) in [6.45, 7) is 0.968. The number of hydrogen-bond acceptors (Lipinski definition) is 4. The first kappa shape index (κ1) is 13.4. The minimum absolute atomic E-state index is 0.121. The molecule has 5 heteroatoms. The topological polar surface area (TPSA) is 50.7 Å². The Labute approximate surface area is 137 Å². The van der Waals surface area contributed by atoms with Crippen LogP contribution in [-0.2, 0) is 11.8 Å². The van der Waals surface area contributed by atoms with Crippen molar-refractivity contribution >= 4 is 15.9 Å². The van der Waals surface area contributed by atoms with Gasteiger partial charge in [0.1, 0.15) is 12.2 Å². The normalized spacial score (nSPS) is 40.1. The van der Waals surface area contributed by atoms with Crippen molar-refractivity contribution in [1.82, 2.24) is 5.32 Å². The van der Waals surface area contributed by atoms with Gasteiger partial charge in [0.15, 0.2) is 11.5 Å². The van der Waals surface area contributed by atoms with Crippen molar-refractivity contribution < 1.29 is 14.6 Å². The molecule has 1 spiro atoms. The lowest BCUT2D eigenvalue weighted by molar-refractivity contribution is -0.0178. The third kappa shape index (κ3) is 1.36. The van der Waals surface area contributed by atoms with Gasteiger partial charge in [0, 0.05) is 27.4 Å². The zero-order valence-corrected chi connectivity index (χ0v) is 13.9. The van der Waals surface area contributed by atoms with Crippen LogP contribution in [-0.4, -0.2) is 37.0 Å². The predicted molar refractivity (Wildman–Crippen MR) is 85.5 cm³/mol. The summed E-state index contributed by atoms with van der Waals surface area (Å²) in [5.74, 6) is 1.98. The Morgan fingerprint density at radius 3 is 3.14 bits per heavy atom. The van der Waals surface area contributed by atoms with Gasteiger partial charge in [0.2, 0.25) is 0 Å². The van der Waals surface area contributed by atoms with E-state index >= 15 is 0 Å². The summed E-state index contributed by atoms with van der Waals surface area (Å²) in [6, 6.07) is 2.41. The van der Waals surface area contributed by atoms with Gasteiger partial charge in [-0.05, 0) is 31.0 Å². The van der Waals surface area contributed by atoms with E-state index in [1.165, 1.54) is 11.1 Å². The Kier molecular flexibility index (Phi) is 2.61. The van der Waals surface area contributed by atoms with E-state index in [9.17, 15) is 5.11 Å². The van der Waals surface area contributed by atoms with E-state index in [4.69, 9.17) is 9.47 Å². The minimum atomic E-state index is -0.558. The summed E-state index contributed by atoms with van der Waals surface area (Å²) < 4.78 is 12.9. The fourth-order valence-electron chi connectivity index (χ4n) is 5.16. The first-order valence-corrected chi connectivity index (χ1v) is 8.62. The molecule has 2 aliphatic heterocycles. The number of ether oxygens (including phenoxy) is 2. The molecule has 0 amide bonds. The Bertz CT molecular complexity index is 704. The summed E-state index contributed by atoms with van der Waals surface area (Å²) in [7, 11) is 1.67. The third-order valence-corrected chi connectivity index (χ3v) is 6.67. The van der Waals surface area contributed by atoms with Crippen LogP contribution in [0.5, 0.6) is 11.5 Å². The second kappa shape index (κ2) is 4.28. The van der Waals surface area contributed by atoms with Crippen LogP contribution in [0.4, 0.5) is 0 Å². The van der Waals surface area contributed by atoms with Gasteiger partial charge in [0.05, 0.1) is 7.11 Å². The Morgan fingerprint density at radius 2 is 2.32 bits per heavy atom. The standard InChI is InChI=1S/C17H18BrNO3/c1-21-13-7-10(18)8-6-11-9-2-3-12(20)16-17(9,4-5-19-11)14(8)15(13)22-16/h2-3,7,9,11-12,16,19-20H,4-6H2,1H3/t9-,11+,12-,16-,17-/m0/s1. The lowest BCUT2D eigenvalue weighted by atomic mass is 9.54. The molecule has 0 aromatic heterocycles. The Hall–Kier alpha value is -1.04. The predicted octanol–water partition coefficient (Wildman–Crippen LogP) is 1.92. The molecule has 0 radical (unpaired) electrons. The fraction of sp³-hybridized carbons (Fsp3) is 0.529. The molecule has 1 aromatic rings. The molecular formula is C17H18BrNO3. The number of rotatable bonds is 1. The van der Waals surface area contributed by atoms with Crippen LogP contribution >= 0.6 is 15.9 Å². The molecule has 2 N–H and O–H groups in total. The molecule has 1 aromatic carbocycles. The molecular weight excluding hydrogens is 346 g/mol. The molecule has 2 heterocycles. The fourth-order valence-corrected chi connectivity index (χ4v) is 5.72. The van der Waals surface area contributed by atoms with E-state index < -0.39 is 6.10 Å². The van der Waals surface area contributed by atoms with Crippen molar-refractivity contribution in [2.45, 2.75) is 36.5 Å². The van der Waals surface area contributed by atoms with Crippen LogP contribution in [0.3, 0.4) is 0 Å². The van der Waals surface area contributed by atoms with Gasteiger partial charge in [-0.1, -0.05) is 28.1 Å². The van der Waals surface area contributed by atoms with Crippen molar-refractivity contribution in [2.75, 3.05) is 13.7 Å². The van der Waals surface area contributed by atoms with Gasteiger partial charge < -0.3 is 19.9 Å². The van der Waals surface area contributed by atoms with Crippen LogP contribution < -0.4 is 14.8 Å². The first-order valence-electron chi connectivity index (χ1n) is 7.83. The van der Waals surface area contributed by atoms with Crippen LogP contribution in [0.25, 0.3) is 0 Å². The molecule has 0 saturated carbocycles. The number of piperidine rings is 1. The molecule has 116 valence electrons. The number of nitrogens with one attached hydrogen (secondary N) is 1. The molecule has 1 saturated heterocycles. The summed E-state index contributed by atoms with van der Waals surface area (Å²) >= 11 is 3.72. The highest BCUT2D eigenvalue weighted by Gasteiger charge is 2.63. The average molecular weight is 364 g/mol. The summed E-state index contributed by atoms with van der Waals surface area (Å²) in [4.78, 5) is 0. The molecule has 2 bridgehead atoms. The number of aliphatic hydroxyl groups excluding tert-OH is 1. The van der Waals surface area contributed by atoms with Crippen molar-refractivity contribution in [2.24, 2.45) is 5.92 Å². The van der Waals surface area contributed by atoms with E-state index in [-0.39, 0.29) is 11.5 Å². The van der Waals surface area contributed by atoms with E-state index in [0.29, 0.717) is 12.0 Å². The zero-order chi connectivity index (χ0) is 15.1. The maximum Gasteiger partial charge on any atom is 0.166 e. The van der Waals surface area contributed by atoms with Crippen molar-refractivity contribution in [3.8, 4) is 11.5 Å². The van der Waals surface area contributed by atoms with E-state index in [1.807, 2.05) is 12.1 Å². The number of hydrogen-bond donors (Lipinski definition) is 2. The lowest BCUT2D eigenvalue weighted by Gasteiger charge is -2.53. The highest BCUT2D eigenvalue weighted by molar-refractivity contribution is 9.10. The molecule has 4 nitrogen and oxygen atoms in total. The highest BCUT2D eigenvalue weighted by Crippen LogP contribution is 2.62. The maximum absolute atomic E-state index is 10.5. The minimum Gasteiger partial charge on any atom is -0.493 e. The van der Waals surface area contributed by atoms with Crippen molar-refractivity contribution in [1.29, 1.82) is 0 Å². The van der Waals surface area contributed by atoms with E-state index in [1.54, 1.807) is 7.11 Å². The van der Waals surface area contributed by atoms with Crippen molar-refractivity contribution in [3.05, 3.63) is 33.8 Å². The van der Waals surface area contributed by atoms with Gasteiger partial charge >= 0.3 is 0 Å². The summed E-state index contributed by atoms with van der Waals surface area (Å²) in [5, 5.41) is 14.2. The molecule has 1 fully saturated rings. The molecule has 0 unspecified atom stereocenters. The largest absolute Gasteiger partial charge is 0.493 e. The van der Waals surface area contributed by atoms with Gasteiger partial charge in [-0.3, -0.25) is 0 Å². The van der Waals surface area contributed by atoms with Gasteiger partial charge in [-0.15, -0.1) is 0 Å². The SMILES string of the molecule is COc1cc(Br)c2c3c1O[C@H]1[C@@H](O)C=C[C@H]4[C@@H](C2)NCC[C@@]341. The molecule has 22 heavy (non-hydrogen) atoms. The quantitative estimate of drug-likeness (QED) is 0.748. The number of halogens is 1. The second-order valence-electron chi connectivity index (χ2n) is 6.74. The van der Waals surface area contributed by atoms with Gasteiger partial charge in [-0.25, -0.2) is 0 Å². The van der Waals surface area contributed by atoms with Crippen LogP contribution in [0.2, 0.25) is 0 Å². The third-order valence-electron chi connectivity index (χ3n) is 5.96. The monoisotopic (exact) mass is 363 g/mol. The second-order valence-corrected chi connectivity index (χ2v) is 7.59. The smallest absolute Gasteiger partial charge is 0.166 e. The van der Waals surface area contributed by atoms with E-state index in [0.717, 1.165) is 35.4 Å². The molecule has 5 rings (SSSR count). The van der Waals surface area contributed by atoms with Crippen molar-refractivity contribution in [3.63, 3.8) is 0 Å². The number of benzene rings is 1. The Balaban J connectivity index is 1.86. The highest BCUT2D eigenvalue weighted by atomic mass is 79.9. The van der Waals surface area contributed by atoms with Crippen LogP contribution in [0.1, 0.15) is 17.5 Å². The average Bonchev–Trinajstić information content (AvgIpc) is 2.84. The summed E-state index contributed by atoms with van der Waals surface area (Å²) in [5.41, 5.74) is 2.47. The van der Waals surface area contributed by atoms with E-state index in [2.05, 4.69) is 27.3 Å². The van der Waals surface area contributed by atoms with Gasteiger partial charge in [-0.2, -0.15) is 0 Å². The number of aliphatic hydroxyl groups is 1. The molecule has 4 aliphatic rings. The van der Waals surface area contributed by atoms with Crippen LogP contribution in [0.15, 0.2) is 22.7 Å². The molecule has 2 aliphatic carbocycles. The van der Waals surface area contributed by atoms with Crippen LogP contribution in [0, 0.1) is 5.92 Å². The first-order chi connectivity index (χ1) is 10.7. The lowest BCUT2D eigenvalue weighted by Crippen LogP contribution is -2.64. The molecule has 5 atom stereocenters. The zero-order valence-electron chi connectivity index (χ0n) is 12.3. The Morgan fingerprint density at radius 1 is 1.45 bits per heavy atom.